The maximum Gasteiger partial charge on any atom is 0.311 e. The van der Waals surface area contributed by atoms with Gasteiger partial charge in [0.2, 0.25) is 0 Å². The van der Waals surface area contributed by atoms with Gasteiger partial charge in [-0.25, -0.2) is 0 Å². The van der Waals surface area contributed by atoms with Gasteiger partial charge in [0.25, 0.3) is 0 Å². The van der Waals surface area contributed by atoms with Crippen molar-refractivity contribution in [3.05, 3.63) is 0 Å². The van der Waals surface area contributed by atoms with Crippen molar-refractivity contribution >= 4 is 5.97 Å². The normalized spacial score (nSPS) is 25.8. The second-order valence-electron chi connectivity index (χ2n) is 4.45. The summed E-state index contributed by atoms with van der Waals surface area (Å²) in [4.78, 5) is 10.9. The number of carbonyl (C=O) groups is 1. The van der Waals surface area contributed by atoms with E-state index in [4.69, 9.17) is 9.84 Å². The topological polar surface area (TPSA) is 66.8 Å². The lowest BCUT2D eigenvalue weighted by Gasteiger charge is -2.34. The Morgan fingerprint density at radius 3 is 2.64 bits per heavy atom. The first-order valence-electron chi connectivity index (χ1n) is 4.95. The first kappa shape index (κ1) is 11.5. The molecule has 0 bridgehead atoms. The number of aliphatic hydroxyl groups is 1. The molecule has 2 unspecified atom stereocenters. The maximum atomic E-state index is 10.9. The molecule has 0 amide bonds. The molecule has 2 atom stereocenters. The minimum atomic E-state index is -1.09. The summed E-state index contributed by atoms with van der Waals surface area (Å²) >= 11 is 0. The predicted molar refractivity (Wildman–Crippen MR) is 51.0 cm³/mol. The van der Waals surface area contributed by atoms with E-state index in [1.54, 1.807) is 13.8 Å². The zero-order chi connectivity index (χ0) is 10.8. The predicted octanol–water partition coefficient (Wildman–Crippen LogP) is 0.885. The van der Waals surface area contributed by atoms with E-state index in [9.17, 15) is 9.90 Å². The van der Waals surface area contributed by atoms with Crippen LogP contribution in [-0.4, -0.2) is 35.5 Å². The lowest BCUT2D eigenvalue weighted by Crippen LogP contribution is -2.44. The van der Waals surface area contributed by atoms with Crippen molar-refractivity contribution in [2.75, 3.05) is 13.2 Å². The van der Waals surface area contributed by atoms with Crippen LogP contribution in [0.3, 0.4) is 0 Å². The largest absolute Gasteiger partial charge is 0.481 e. The van der Waals surface area contributed by atoms with E-state index in [2.05, 4.69) is 0 Å². The molecular formula is C10H18O4. The second kappa shape index (κ2) is 4.28. The maximum absolute atomic E-state index is 10.9. The Hall–Kier alpha value is -0.610. The van der Waals surface area contributed by atoms with Crippen molar-refractivity contribution in [1.82, 2.24) is 0 Å². The molecule has 4 heteroatoms. The average molecular weight is 202 g/mol. The molecule has 1 aliphatic heterocycles. The molecule has 1 fully saturated rings. The molecule has 0 aromatic rings. The highest BCUT2D eigenvalue weighted by Gasteiger charge is 2.40. The van der Waals surface area contributed by atoms with Crippen LogP contribution in [0.1, 0.15) is 26.7 Å². The number of ether oxygens (including phenoxy) is 1. The fourth-order valence-corrected chi connectivity index (χ4v) is 1.73. The number of rotatable bonds is 3. The van der Waals surface area contributed by atoms with Crippen LogP contribution < -0.4 is 0 Å². The van der Waals surface area contributed by atoms with Gasteiger partial charge < -0.3 is 14.9 Å². The Kier molecular flexibility index (Phi) is 3.50. The number of hydrogen-bond donors (Lipinski definition) is 2. The zero-order valence-corrected chi connectivity index (χ0v) is 8.69. The monoisotopic (exact) mass is 202 g/mol. The van der Waals surface area contributed by atoms with Gasteiger partial charge in [-0.3, -0.25) is 4.79 Å². The molecule has 82 valence electrons. The van der Waals surface area contributed by atoms with Gasteiger partial charge in [-0.2, -0.15) is 0 Å². The molecule has 1 rings (SSSR count). The summed E-state index contributed by atoms with van der Waals surface area (Å²) in [6, 6.07) is 0. The molecule has 0 aromatic heterocycles. The lowest BCUT2D eigenvalue weighted by atomic mass is 9.78. The Bertz CT molecular complexity index is 206. The van der Waals surface area contributed by atoms with Crippen LogP contribution in [0.5, 0.6) is 0 Å². The van der Waals surface area contributed by atoms with Crippen LogP contribution >= 0.6 is 0 Å². The number of carboxylic acids is 1. The van der Waals surface area contributed by atoms with Crippen molar-refractivity contribution in [3.8, 4) is 0 Å². The molecule has 1 aliphatic rings. The van der Waals surface area contributed by atoms with E-state index < -0.39 is 17.5 Å². The van der Waals surface area contributed by atoms with Gasteiger partial charge in [0.05, 0.1) is 18.1 Å². The van der Waals surface area contributed by atoms with Crippen LogP contribution in [0.4, 0.5) is 0 Å². The molecular weight excluding hydrogens is 184 g/mol. The quantitative estimate of drug-likeness (QED) is 0.713. The minimum Gasteiger partial charge on any atom is -0.481 e. The third kappa shape index (κ3) is 2.25. The molecule has 1 saturated heterocycles. The van der Waals surface area contributed by atoms with Crippen molar-refractivity contribution in [2.24, 2.45) is 11.3 Å². The van der Waals surface area contributed by atoms with E-state index in [1.807, 2.05) is 0 Å². The summed E-state index contributed by atoms with van der Waals surface area (Å²) in [5, 5.41) is 18.9. The van der Waals surface area contributed by atoms with Crippen molar-refractivity contribution in [3.63, 3.8) is 0 Å². The third-order valence-corrected chi connectivity index (χ3v) is 2.93. The highest BCUT2D eigenvalue weighted by Crippen LogP contribution is 2.30. The fraction of sp³-hybridized carbons (Fsp3) is 0.900. The molecule has 1 heterocycles. The van der Waals surface area contributed by atoms with Crippen LogP contribution in [0.15, 0.2) is 0 Å². The van der Waals surface area contributed by atoms with Crippen molar-refractivity contribution in [1.29, 1.82) is 0 Å². The van der Waals surface area contributed by atoms with E-state index in [0.717, 1.165) is 19.4 Å². The summed E-state index contributed by atoms with van der Waals surface area (Å²) < 4.78 is 5.23. The van der Waals surface area contributed by atoms with E-state index in [-0.39, 0.29) is 5.92 Å². The Morgan fingerprint density at radius 1 is 1.57 bits per heavy atom. The first-order chi connectivity index (χ1) is 6.46. The molecule has 4 nitrogen and oxygen atoms in total. The Labute approximate surface area is 83.9 Å². The van der Waals surface area contributed by atoms with Gasteiger partial charge in [0.1, 0.15) is 0 Å². The number of hydrogen-bond acceptors (Lipinski definition) is 3. The van der Waals surface area contributed by atoms with Gasteiger partial charge in [-0.05, 0) is 26.7 Å². The molecule has 0 saturated carbocycles. The smallest absolute Gasteiger partial charge is 0.311 e. The molecule has 2 N–H and O–H groups in total. The lowest BCUT2D eigenvalue weighted by molar-refractivity contribution is -0.158. The summed E-state index contributed by atoms with van der Waals surface area (Å²) in [6.45, 7) is 4.29. The van der Waals surface area contributed by atoms with E-state index >= 15 is 0 Å². The fourth-order valence-electron chi connectivity index (χ4n) is 1.73. The molecule has 0 aliphatic carbocycles. The number of aliphatic hydroxyl groups excluding tert-OH is 1. The van der Waals surface area contributed by atoms with E-state index in [0.29, 0.717) is 6.61 Å². The molecule has 0 spiro atoms. The van der Waals surface area contributed by atoms with Gasteiger partial charge in [-0.15, -0.1) is 0 Å². The van der Waals surface area contributed by atoms with Crippen molar-refractivity contribution in [2.45, 2.75) is 32.8 Å². The van der Waals surface area contributed by atoms with Gasteiger partial charge >= 0.3 is 5.97 Å². The first-order valence-corrected chi connectivity index (χ1v) is 4.95. The summed E-state index contributed by atoms with van der Waals surface area (Å²) in [6.07, 6.45) is 0.912. The summed E-state index contributed by atoms with van der Waals surface area (Å²) in [5.41, 5.74) is -1.09. The standard InChI is InChI=1S/C10H18O4/c1-10(2,9(12)13)8(11)7-4-3-5-14-6-7/h7-8,11H,3-6H2,1-2H3,(H,12,13). The van der Waals surface area contributed by atoms with Crippen LogP contribution in [0.25, 0.3) is 0 Å². The average Bonchev–Trinajstić information content (AvgIpc) is 2.17. The van der Waals surface area contributed by atoms with Crippen molar-refractivity contribution < 1.29 is 19.7 Å². The van der Waals surface area contributed by atoms with Gasteiger partial charge in [0.15, 0.2) is 0 Å². The van der Waals surface area contributed by atoms with Crippen LogP contribution in [-0.2, 0) is 9.53 Å². The summed E-state index contributed by atoms with van der Waals surface area (Å²) in [7, 11) is 0. The number of aliphatic carboxylic acids is 1. The molecule has 14 heavy (non-hydrogen) atoms. The van der Waals surface area contributed by atoms with Gasteiger partial charge in [0, 0.05) is 12.5 Å². The SMILES string of the molecule is CC(C)(C(=O)O)C(O)C1CCCOC1. The Morgan fingerprint density at radius 2 is 2.21 bits per heavy atom. The second-order valence-corrected chi connectivity index (χ2v) is 4.45. The van der Waals surface area contributed by atoms with E-state index in [1.165, 1.54) is 0 Å². The molecule has 0 radical (unpaired) electrons. The third-order valence-electron chi connectivity index (χ3n) is 2.93. The van der Waals surface area contributed by atoms with Crippen LogP contribution in [0, 0.1) is 11.3 Å². The van der Waals surface area contributed by atoms with Crippen LogP contribution in [0.2, 0.25) is 0 Å². The Balaban J connectivity index is 2.62. The highest BCUT2D eigenvalue weighted by atomic mass is 16.5. The minimum absolute atomic E-state index is 0.0464. The molecule has 0 aromatic carbocycles. The highest BCUT2D eigenvalue weighted by molar-refractivity contribution is 5.74. The number of carboxylic acid groups (broad SMARTS) is 1. The summed E-state index contributed by atoms with van der Waals surface area (Å²) in [5.74, 6) is -1.01. The van der Waals surface area contributed by atoms with Gasteiger partial charge in [-0.1, -0.05) is 0 Å². The zero-order valence-electron chi connectivity index (χ0n) is 8.69.